The van der Waals surface area contributed by atoms with Gasteiger partial charge in [0, 0.05) is 26.7 Å². The summed E-state index contributed by atoms with van der Waals surface area (Å²) in [6.45, 7) is 5.83. The van der Waals surface area contributed by atoms with E-state index in [9.17, 15) is 0 Å². The molecule has 0 atom stereocenters. The molecule has 0 aromatic rings. The first-order valence-corrected chi connectivity index (χ1v) is 5.09. The van der Waals surface area contributed by atoms with Crippen molar-refractivity contribution in [3.63, 3.8) is 0 Å². The molecule has 0 radical (unpaired) electrons. The molecule has 90 valence electrons. The first-order valence-electron chi connectivity index (χ1n) is 5.09. The second kappa shape index (κ2) is 9.17. The second-order valence-corrected chi connectivity index (χ2v) is 3.34. The van der Waals surface area contributed by atoms with E-state index in [1.807, 2.05) is 0 Å². The number of hydrogen-bond acceptors (Lipinski definition) is 3. The maximum Gasteiger partial charge on any atom is 0.188 e. The van der Waals surface area contributed by atoms with Crippen LogP contribution in [0.5, 0.6) is 0 Å². The van der Waals surface area contributed by atoms with Gasteiger partial charge < -0.3 is 15.8 Å². The predicted octanol–water partition coefficient (Wildman–Crippen LogP) is -0.139. The first kappa shape index (κ1) is 14.9. The number of rotatable bonds is 4. The van der Waals surface area contributed by atoms with E-state index in [1.54, 1.807) is 7.05 Å². The van der Waals surface area contributed by atoms with E-state index < -0.39 is 0 Å². The third-order valence-electron chi connectivity index (χ3n) is 2.30. The van der Waals surface area contributed by atoms with Gasteiger partial charge in [-0.1, -0.05) is 0 Å². The van der Waals surface area contributed by atoms with Crippen LogP contribution in [0.3, 0.4) is 0 Å². The highest BCUT2D eigenvalue weighted by Gasteiger charge is 2.08. The molecule has 0 spiro atoms. The Balaban J connectivity index is 0.00000196. The van der Waals surface area contributed by atoms with Crippen molar-refractivity contribution in [2.24, 2.45) is 10.7 Å². The van der Waals surface area contributed by atoms with Gasteiger partial charge in [-0.2, -0.15) is 0 Å². The van der Waals surface area contributed by atoms with Gasteiger partial charge in [0.15, 0.2) is 5.96 Å². The Morgan fingerprint density at radius 2 is 2.13 bits per heavy atom. The van der Waals surface area contributed by atoms with Gasteiger partial charge in [0.05, 0.1) is 13.2 Å². The lowest BCUT2D eigenvalue weighted by Crippen LogP contribution is -2.39. The highest BCUT2D eigenvalue weighted by molar-refractivity contribution is 14.0. The van der Waals surface area contributed by atoms with Crippen LogP contribution in [0.4, 0.5) is 0 Å². The number of nitrogens with two attached hydrogens (primary N) is 1. The molecular formula is C9H21IN4O. The number of halogens is 1. The quantitative estimate of drug-likeness (QED) is 0.326. The number of hydrogen-bond donors (Lipinski definition) is 2. The van der Waals surface area contributed by atoms with Crippen LogP contribution in [-0.2, 0) is 4.74 Å². The first-order chi connectivity index (χ1) is 6.83. The minimum absolute atomic E-state index is 0. The van der Waals surface area contributed by atoms with E-state index in [0.29, 0.717) is 5.96 Å². The smallest absolute Gasteiger partial charge is 0.188 e. The van der Waals surface area contributed by atoms with Gasteiger partial charge in [-0.25, -0.2) is 0 Å². The molecule has 0 aliphatic carbocycles. The fraction of sp³-hybridized carbons (Fsp3) is 0.889. The highest BCUT2D eigenvalue weighted by Crippen LogP contribution is 1.96. The molecule has 6 heteroatoms. The van der Waals surface area contributed by atoms with E-state index in [2.05, 4.69) is 15.2 Å². The monoisotopic (exact) mass is 328 g/mol. The highest BCUT2D eigenvalue weighted by atomic mass is 127. The summed E-state index contributed by atoms with van der Waals surface area (Å²) in [6, 6.07) is 0. The van der Waals surface area contributed by atoms with E-state index in [1.165, 1.54) is 0 Å². The summed E-state index contributed by atoms with van der Waals surface area (Å²) < 4.78 is 5.27. The van der Waals surface area contributed by atoms with E-state index >= 15 is 0 Å². The van der Waals surface area contributed by atoms with Gasteiger partial charge in [0.1, 0.15) is 0 Å². The van der Waals surface area contributed by atoms with Crippen LogP contribution in [0.25, 0.3) is 0 Å². The van der Waals surface area contributed by atoms with Crippen molar-refractivity contribution in [2.75, 3.05) is 46.4 Å². The Morgan fingerprint density at radius 1 is 1.47 bits per heavy atom. The lowest BCUT2D eigenvalue weighted by Gasteiger charge is -2.26. The molecule has 0 saturated carbocycles. The van der Waals surface area contributed by atoms with Gasteiger partial charge in [0.25, 0.3) is 0 Å². The van der Waals surface area contributed by atoms with Crippen LogP contribution in [-0.4, -0.2) is 57.3 Å². The molecule has 1 saturated heterocycles. The van der Waals surface area contributed by atoms with Gasteiger partial charge >= 0.3 is 0 Å². The van der Waals surface area contributed by atoms with Crippen molar-refractivity contribution >= 4 is 29.9 Å². The lowest BCUT2D eigenvalue weighted by molar-refractivity contribution is 0.0376. The number of ether oxygens (including phenoxy) is 1. The average molecular weight is 328 g/mol. The van der Waals surface area contributed by atoms with Crippen LogP contribution in [0.15, 0.2) is 4.99 Å². The van der Waals surface area contributed by atoms with Crippen molar-refractivity contribution in [3.05, 3.63) is 0 Å². The molecule has 1 rings (SSSR count). The molecule has 0 aromatic carbocycles. The van der Waals surface area contributed by atoms with Gasteiger partial charge in [0.2, 0.25) is 0 Å². The summed E-state index contributed by atoms with van der Waals surface area (Å²) in [7, 11) is 1.68. The molecule has 3 N–H and O–H groups in total. The molecule has 0 unspecified atom stereocenters. The lowest BCUT2D eigenvalue weighted by atomic mass is 10.3. The Hall–Kier alpha value is -0.0800. The summed E-state index contributed by atoms with van der Waals surface area (Å²) in [5.74, 6) is 0.520. The summed E-state index contributed by atoms with van der Waals surface area (Å²) in [4.78, 5) is 6.23. The van der Waals surface area contributed by atoms with E-state index in [0.717, 1.165) is 45.8 Å². The number of aliphatic imine (C=N–C) groups is 1. The van der Waals surface area contributed by atoms with Crippen LogP contribution >= 0.6 is 24.0 Å². The minimum Gasteiger partial charge on any atom is -0.379 e. The molecule has 15 heavy (non-hydrogen) atoms. The summed E-state index contributed by atoms with van der Waals surface area (Å²) in [5.41, 5.74) is 5.50. The third kappa shape index (κ3) is 6.91. The number of nitrogens with zero attached hydrogens (tertiary/aromatic N) is 2. The van der Waals surface area contributed by atoms with Gasteiger partial charge in [-0.15, -0.1) is 24.0 Å². The Morgan fingerprint density at radius 3 is 2.73 bits per heavy atom. The minimum atomic E-state index is 0. The molecule has 1 aliphatic rings. The normalized spacial score (nSPS) is 18.3. The maximum atomic E-state index is 5.50. The fourth-order valence-corrected chi connectivity index (χ4v) is 1.42. The summed E-state index contributed by atoms with van der Waals surface area (Å²) >= 11 is 0. The zero-order chi connectivity index (χ0) is 10.2. The van der Waals surface area contributed by atoms with Crippen LogP contribution in [0.1, 0.15) is 6.42 Å². The Labute approximate surface area is 108 Å². The topological polar surface area (TPSA) is 62.9 Å². The molecule has 1 fully saturated rings. The van der Waals surface area contributed by atoms with Crippen LogP contribution in [0, 0.1) is 0 Å². The zero-order valence-electron chi connectivity index (χ0n) is 9.24. The maximum absolute atomic E-state index is 5.50. The number of nitrogens with one attached hydrogen (secondary N) is 1. The zero-order valence-corrected chi connectivity index (χ0v) is 11.6. The third-order valence-corrected chi connectivity index (χ3v) is 2.30. The largest absolute Gasteiger partial charge is 0.379 e. The SMILES string of the molecule is CN=C(N)NCCCN1CCOCC1.I. The average Bonchev–Trinajstić information content (AvgIpc) is 2.25. The van der Waals surface area contributed by atoms with E-state index in [4.69, 9.17) is 10.5 Å². The number of guanidine groups is 1. The van der Waals surface area contributed by atoms with Crippen molar-refractivity contribution in [1.82, 2.24) is 10.2 Å². The molecule has 0 bridgehead atoms. The van der Waals surface area contributed by atoms with Crippen molar-refractivity contribution in [3.8, 4) is 0 Å². The van der Waals surface area contributed by atoms with E-state index in [-0.39, 0.29) is 24.0 Å². The molecule has 0 amide bonds. The molecule has 1 heterocycles. The van der Waals surface area contributed by atoms with Crippen molar-refractivity contribution in [1.29, 1.82) is 0 Å². The van der Waals surface area contributed by atoms with Gasteiger partial charge in [-0.3, -0.25) is 9.89 Å². The molecule has 0 aromatic heterocycles. The summed E-state index contributed by atoms with van der Waals surface area (Å²) in [6.07, 6.45) is 1.09. The van der Waals surface area contributed by atoms with Crippen molar-refractivity contribution < 1.29 is 4.74 Å². The molecule has 5 nitrogen and oxygen atoms in total. The van der Waals surface area contributed by atoms with Crippen LogP contribution in [0.2, 0.25) is 0 Å². The second-order valence-electron chi connectivity index (χ2n) is 3.34. The Bertz CT molecular complexity index is 183. The molecular weight excluding hydrogens is 307 g/mol. The predicted molar refractivity (Wildman–Crippen MR) is 72.8 cm³/mol. The van der Waals surface area contributed by atoms with Gasteiger partial charge in [-0.05, 0) is 13.0 Å². The standard InChI is InChI=1S/C9H20N4O.HI/c1-11-9(10)12-3-2-4-13-5-7-14-8-6-13;/h2-8H2,1H3,(H3,10,11,12);1H. The number of morpholine rings is 1. The summed E-state index contributed by atoms with van der Waals surface area (Å²) in [5, 5.41) is 3.04. The fourth-order valence-electron chi connectivity index (χ4n) is 1.42. The van der Waals surface area contributed by atoms with Crippen molar-refractivity contribution in [2.45, 2.75) is 6.42 Å². The Kier molecular flexibility index (Phi) is 9.12. The van der Waals surface area contributed by atoms with Crippen LogP contribution < -0.4 is 11.1 Å². The molecule has 1 aliphatic heterocycles.